The number of hydrogen-bond acceptors (Lipinski definition) is 2. The Morgan fingerprint density at radius 2 is 2.17 bits per heavy atom. The van der Waals surface area contributed by atoms with E-state index in [0.29, 0.717) is 6.10 Å². The van der Waals surface area contributed by atoms with E-state index in [4.69, 9.17) is 4.74 Å². The van der Waals surface area contributed by atoms with Gasteiger partial charge in [0.1, 0.15) is 0 Å². The number of carbonyl (C=O) groups excluding carboxylic acids is 1. The van der Waals surface area contributed by atoms with Crippen LogP contribution in [0.4, 0.5) is 0 Å². The van der Waals surface area contributed by atoms with Crippen LogP contribution in [0.3, 0.4) is 0 Å². The fourth-order valence-electron chi connectivity index (χ4n) is 0.847. The van der Waals surface area contributed by atoms with Gasteiger partial charge < -0.3 is 10.1 Å². The molecule has 1 atom stereocenters. The van der Waals surface area contributed by atoms with Crippen LogP contribution < -0.4 is 5.32 Å². The highest BCUT2D eigenvalue weighted by atomic mass is 16.6. The number of rotatable bonds is 3. The molecule has 1 N–H and O–H groups in total. The molecule has 0 bridgehead atoms. The van der Waals surface area contributed by atoms with Crippen LogP contribution in [0.2, 0.25) is 0 Å². The monoisotopic (exact) mass is 171 g/mol. The maximum absolute atomic E-state index is 11.3. The van der Waals surface area contributed by atoms with E-state index in [0.717, 1.165) is 19.6 Å². The van der Waals surface area contributed by atoms with E-state index in [2.05, 4.69) is 5.32 Å². The standard InChI is InChI=1S/C9H17NO2/c1-9(2,3)8(11)10-5-4-7-6-12-7/h7H,4-6H2,1-3H3,(H,10,11). The van der Waals surface area contributed by atoms with Gasteiger partial charge >= 0.3 is 0 Å². The molecule has 1 aliphatic rings. The molecule has 0 aromatic heterocycles. The molecule has 1 heterocycles. The summed E-state index contributed by atoms with van der Waals surface area (Å²) in [6, 6.07) is 0. The molecule has 1 saturated heterocycles. The van der Waals surface area contributed by atoms with Crippen molar-refractivity contribution in [3.05, 3.63) is 0 Å². The number of carbonyl (C=O) groups is 1. The third-order valence-corrected chi connectivity index (χ3v) is 1.84. The zero-order valence-electron chi connectivity index (χ0n) is 8.02. The highest BCUT2D eigenvalue weighted by Crippen LogP contribution is 2.14. The minimum atomic E-state index is -0.273. The molecule has 0 aromatic carbocycles. The quantitative estimate of drug-likeness (QED) is 0.642. The fourth-order valence-corrected chi connectivity index (χ4v) is 0.847. The van der Waals surface area contributed by atoms with Crippen LogP contribution in [-0.4, -0.2) is 25.2 Å². The van der Waals surface area contributed by atoms with Gasteiger partial charge in [0, 0.05) is 12.0 Å². The van der Waals surface area contributed by atoms with Crippen molar-refractivity contribution in [3.63, 3.8) is 0 Å². The van der Waals surface area contributed by atoms with Gasteiger partial charge in [0.15, 0.2) is 0 Å². The molecule has 0 saturated carbocycles. The van der Waals surface area contributed by atoms with Crippen LogP contribution >= 0.6 is 0 Å². The Bertz CT molecular complexity index is 168. The highest BCUT2D eigenvalue weighted by Gasteiger charge is 2.24. The largest absolute Gasteiger partial charge is 0.373 e. The third kappa shape index (κ3) is 3.22. The van der Waals surface area contributed by atoms with Gasteiger partial charge in [-0.2, -0.15) is 0 Å². The van der Waals surface area contributed by atoms with Gasteiger partial charge in [-0.05, 0) is 6.42 Å². The fraction of sp³-hybridized carbons (Fsp3) is 0.889. The second-order valence-corrected chi connectivity index (χ2v) is 4.25. The molecule has 0 radical (unpaired) electrons. The van der Waals surface area contributed by atoms with Crippen molar-refractivity contribution >= 4 is 5.91 Å². The molecule has 0 aromatic rings. The summed E-state index contributed by atoms with van der Waals surface area (Å²) in [7, 11) is 0. The first kappa shape index (κ1) is 9.52. The summed E-state index contributed by atoms with van der Waals surface area (Å²) in [6.45, 7) is 7.34. The predicted octanol–water partition coefficient (Wildman–Crippen LogP) is 0.938. The zero-order chi connectivity index (χ0) is 9.19. The Labute approximate surface area is 73.5 Å². The Kier molecular flexibility index (Phi) is 2.73. The SMILES string of the molecule is CC(C)(C)C(=O)NCCC1CO1. The lowest BCUT2D eigenvalue weighted by Crippen LogP contribution is -2.35. The van der Waals surface area contributed by atoms with E-state index >= 15 is 0 Å². The number of ether oxygens (including phenoxy) is 1. The first-order chi connectivity index (χ1) is 5.50. The summed E-state index contributed by atoms with van der Waals surface area (Å²) < 4.78 is 5.02. The summed E-state index contributed by atoms with van der Waals surface area (Å²) in [5.74, 6) is 0.114. The molecule has 1 fully saturated rings. The first-order valence-corrected chi connectivity index (χ1v) is 4.40. The van der Waals surface area contributed by atoms with Gasteiger partial charge in [0.2, 0.25) is 5.91 Å². The van der Waals surface area contributed by atoms with Crippen molar-refractivity contribution in [1.82, 2.24) is 5.32 Å². The lowest BCUT2D eigenvalue weighted by molar-refractivity contribution is -0.128. The molecule has 70 valence electrons. The number of epoxide rings is 1. The molecule has 3 heteroatoms. The van der Waals surface area contributed by atoms with Crippen molar-refractivity contribution in [2.75, 3.05) is 13.2 Å². The predicted molar refractivity (Wildman–Crippen MR) is 46.8 cm³/mol. The number of nitrogens with one attached hydrogen (secondary N) is 1. The Hall–Kier alpha value is -0.570. The van der Waals surface area contributed by atoms with E-state index in [9.17, 15) is 4.79 Å². The van der Waals surface area contributed by atoms with E-state index in [-0.39, 0.29) is 11.3 Å². The van der Waals surface area contributed by atoms with Gasteiger partial charge in [-0.1, -0.05) is 20.8 Å². The maximum atomic E-state index is 11.3. The van der Waals surface area contributed by atoms with E-state index in [1.807, 2.05) is 20.8 Å². The van der Waals surface area contributed by atoms with Gasteiger partial charge in [-0.25, -0.2) is 0 Å². The van der Waals surface area contributed by atoms with Crippen molar-refractivity contribution in [2.24, 2.45) is 5.41 Å². The van der Waals surface area contributed by atoms with Crippen LogP contribution in [0.5, 0.6) is 0 Å². The maximum Gasteiger partial charge on any atom is 0.225 e. The zero-order valence-corrected chi connectivity index (χ0v) is 8.02. The summed E-state index contributed by atoms with van der Waals surface area (Å²) in [4.78, 5) is 11.3. The Morgan fingerprint density at radius 3 is 2.58 bits per heavy atom. The summed E-state index contributed by atoms with van der Waals surface area (Å²) >= 11 is 0. The van der Waals surface area contributed by atoms with Crippen LogP contribution in [0.25, 0.3) is 0 Å². The Morgan fingerprint density at radius 1 is 1.58 bits per heavy atom. The molecule has 1 aliphatic heterocycles. The second kappa shape index (κ2) is 3.44. The van der Waals surface area contributed by atoms with Crippen molar-refractivity contribution < 1.29 is 9.53 Å². The van der Waals surface area contributed by atoms with Crippen molar-refractivity contribution in [3.8, 4) is 0 Å². The molecule has 12 heavy (non-hydrogen) atoms. The summed E-state index contributed by atoms with van der Waals surface area (Å²) in [5, 5.41) is 2.88. The lowest BCUT2D eigenvalue weighted by atomic mass is 9.96. The molecule has 3 nitrogen and oxygen atoms in total. The minimum absolute atomic E-state index is 0.114. The average molecular weight is 171 g/mol. The normalized spacial score (nSPS) is 22.1. The van der Waals surface area contributed by atoms with Gasteiger partial charge in [-0.3, -0.25) is 4.79 Å². The molecule has 1 unspecified atom stereocenters. The first-order valence-electron chi connectivity index (χ1n) is 4.40. The van der Waals surface area contributed by atoms with Crippen LogP contribution in [0, 0.1) is 5.41 Å². The van der Waals surface area contributed by atoms with Crippen LogP contribution in [0.1, 0.15) is 27.2 Å². The summed E-state index contributed by atoms with van der Waals surface area (Å²) in [5.41, 5.74) is -0.273. The van der Waals surface area contributed by atoms with Crippen molar-refractivity contribution in [1.29, 1.82) is 0 Å². The smallest absolute Gasteiger partial charge is 0.225 e. The minimum Gasteiger partial charge on any atom is -0.373 e. The topological polar surface area (TPSA) is 41.6 Å². The van der Waals surface area contributed by atoms with Crippen molar-refractivity contribution in [2.45, 2.75) is 33.3 Å². The van der Waals surface area contributed by atoms with E-state index in [1.54, 1.807) is 0 Å². The van der Waals surface area contributed by atoms with E-state index in [1.165, 1.54) is 0 Å². The number of hydrogen-bond donors (Lipinski definition) is 1. The highest BCUT2D eigenvalue weighted by molar-refractivity contribution is 5.81. The molecule has 1 amide bonds. The molecule has 1 rings (SSSR count). The van der Waals surface area contributed by atoms with Gasteiger partial charge in [0.05, 0.1) is 12.7 Å². The number of amides is 1. The van der Waals surface area contributed by atoms with Gasteiger partial charge in [0.25, 0.3) is 0 Å². The molecular weight excluding hydrogens is 154 g/mol. The van der Waals surface area contributed by atoms with Crippen LogP contribution in [0.15, 0.2) is 0 Å². The Balaban J connectivity index is 2.08. The molecular formula is C9H17NO2. The van der Waals surface area contributed by atoms with Crippen LogP contribution in [-0.2, 0) is 9.53 Å². The summed E-state index contributed by atoms with van der Waals surface area (Å²) in [6.07, 6.45) is 1.35. The van der Waals surface area contributed by atoms with Gasteiger partial charge in [-0.15, -0.1) is 0 Å². The second-order valence-electron chi connectivity index (χ2n) is 4.25. The average Bonchev–Trinajstić information content (AvgIpc) is 2.69. The lowest BCUT2D eigenvalue weighted by Gasteiger charge is -2.17. The molecule has 0 aliphatic carbocycles. The molecule has 0 spiro atoms. The van der Waals surface area contributed by atoms with E-state index < -0.39 is 0 Å². The third-order valence-electron chi connectivity index (χ3n) is 1.84.